The maximum Gasteiger partial charge on any atom is 0.234 e. The van der Waals surface area contributed by atoms with E-state index in [9.17, 15) is 8.42 Å². The highest BCUT2D eigenvalue weighted by Gasteiger charge is 2.17. The third-order valence-electron chi connectivity index (χ3n) is 2.59. The van der Waals surface area contributed by atoms with Crippen molar-refractivity contribution in [2.24, 2.45) is 0 Å². The van der Waals surface area contributed by atoms with Crippen LogP contribution in [0.5, 0.6) is 0 Å². The van der Waals surface area contributed by atoms with Gasteiger partial charge in [0.05, 0.1) is 5.75 Å². The lowest BCUT2D eigenvalue weighted by Gasteiger charge is -2.01. The number of hydrogen-bond acceptors (Lipinski definition) is 6. The lowest BCUT2D eigenvalue weighted by molar-refractivity contribution is 0.595. The quantitative estimate of drug-likeness (QED) is 0.882. The molecule has 0 aliphatic heterocycles. The molecule has 19 heavy (non-hydrogen) atoms. The Kier molecular flexibility index (Phi) is 4.49. The van der Waals surface area contributed by atoms with Gasteiger partial charge in [-0.05, 0) is 12.0 Å². The van der Waals surface area contributed by atoms with Crippen LogP contribution >= 0.6 is 11.3 Å². The average Bonchev–Trinajstić information content (AvgIpc) is 2.90. The van der Waals surface area contributed by atoms with Gasteiger partial charge in [0.1, 0.15) is 0 Å². The monoisotopic (exact) mass is 297 g/mol. The van der Waals surface area contributed by atoms with Crippen LogP contribution in [0.25, 0.3) is 0 Å². The van der Waals surface area contributed by atoms with Gasteiger partial charge in [0.25, 0.3) is 0 Å². The summed E-state index contributed by atoms with van der Waals surface area (Å²) < 4.78 is 23.3. The van der Waals surface area contributed by atoms with E-state index in [2.05, 4.69) is 27.6 Å². The zero-order valence-corrected chi connectivity index (χ0v) is 12.2. The Balaban J connectivity index is 1.91. The molecule has 0 atom stereocenters. The van der Waals surface area contributed by atoms with Crippen LogP contribution in [0.1, 0.15) is 12.5 Å². The van der Waals surface area contributed by atoms with Crippen molar-refractivity contribution >= 4 is 26.3 Å². The molecule has 0 amide bonds. The van der Waals surface area contributed by atoms with Gasteiger partial charge in [0.2, 0.25) is 19.3 Å². The predicted octanol–water partition coefficient (Wildman–Crippen LogP) is 1.99. The van der Waals surface area contributed by atoms with Crippen LogP contribution < -0.4 is 5.32 Å². The smallest absolute Gasteiger partial charge is 0.234 e. The molecule has 0 radical (unpaired) electrons. The molecule has 0 spiro atoms. The van der Waals surface area contributed by atoms with Gasteiger partial charge in [-0.3, -0.25) is 0 Å². The fourth-order valence-electron chi connectivity index (χ4n) is 1.49. The van der Waals surface area contributed by atoms with E-state index in [-0.39, 0.29) is 10.1 Å². The van der Waals surface area contributed by atoms with E-state index in [0.717, 1.165) is 17.8 Å². The summed E-state index contributed by atoms with van der Waals surface area (Å²) in [6, 6.07) is 10.1. The number of rotatable bonds is 6. The maximum absolute atomic E-state index is 11.6. The molecule has 1 N–H and O–H groups in total. The molecule has 0 aliphatic carbocycles. The van der Waals surface area contributed by atoms with Crippen molar-refractivity contribution in [3.05, 3.63) is 35.9 Å². The highest BCUT2D eigenvalue weighted by Crippen LogP contribution is 2.20. The van der Waals surface area contributed by atoms with Crippen LogP contribution in [0.4, 0.5) is 5.13 Å². The van der Waals surface area contributed by atoms with E-state index in [0.29, 0.717) is 11.7 Å². The first-order chi connectivity index (χ1) is 9.12. The summed E-state index contributed by atoms with van der Waals surface area (Å²) in [5.74, 6) is 0.0473. The molecule has 0 saturated heterocycles. The van der Waals surface area contributed by atoms with Crippen LogP contribution in [0.2, 0.25) is 0 Å². The first-order valence-electron chi connectivity index (χ1n) is 5.96. The minimum absolute atomic E-state index is 0.0473. The molecule has 2 rings (SSSR count). The summed E-state index contributed by atoms with van der Waals surface area (Å²) in [5, 5.41) is 11.2. The summed E-state index contributed by atoms with van der Waals surface area (Å²) >= 11 is 1.08. The molecule has 1 aromatic heterocycles. The minimum atomic E-state index is -3.25. The van der Waals surface area contributed by atoms with Crippen LogP contribution in [0, 0.1) is 0 Å². The van der Waals surface area contributed by atoms with Gasteiger partial charge in [-0.15, -0.1) is 10.2 Å². The lowest BCUT2D eigenvalue weighted by atomic mass is 10.2. The van der Waals surface area contributed by atoms with Crippen molar-refractivity contribution in [3.63, 3.8) is 0 Å². The first-order valence-corrected chi connectivity index (χ1v) is 8.43. The number of aromatic nitrogens is 2. The fraction of sp³-hybridized carbons (Fsp3) is 0.333. The zero-order valence-electron chi connectivity index (χ0n) is 10.5. The number of sulfone groups is 1. The largest absolute Gasteiger partial charge is 0.360 e. The van der Waals surface area contributed by atoms with E-state index >= 15 is 0 Å². The van der Waals surface area contributed by atoms with E-state index < -0.39 is 9.84 Å². The topological polar surface area (TPSA) is 72.0 Å². The SMILES string of the molecule is CCS(=O)(=O)c1nnc(NCCc2ccccc2)s1. The van der Waals surface area contributed by atoms with E-state index in [4.69, 9.17) is 0 Å². The van der Waals surface area contributed by atoms with Crippen LogP contribution in [-0.4, -0.2) is 30.9 Å². The Bertz CT molecular complexity index is 623. The molecule has 0 unspecified atom stereocenters. The number of hydrogen-bond donors (Lipinski definition) is 1. The Labute approximate surface area is 116 Å². The van der Waals surface area contributed by atoms with Crippen LogP contribution in [-0.2, 0) is 16.3 Å². The second kappa shape index (κ2) is 6.12. The zero-order chi connectivity index (χ0) is 13.7. The van der Waals surface area contributed by atoms with Crippen LogP contribution in [0.15, 0.2) is 34.7 Å². The third-order valence-corrected chi connectivity index (χ3v) is 5.65. The Morgan fingerprint density at radius 3 is 2.63 bits per heavy atom. The summed E-state index contributed by atoms with van der Waals surface area (Å²) in [5.41, 5.74) is 1.22. The second-order valence-corrected chi connectivity index (χ2v) is 7.37. The van der Waals surface area contributed by atoms with E-state index in [1.807, 2.05) is 18.2 Å². The van der Waals surface area contributed by atoms with Crippen molar-refractivity contribution < 1.29 is 8.42 Å². The van der Waals surface area contributed by atoms with Crippen molar-refractivity contribution in [1.29, 1.82) is 0 Å². The molecule has 1 heterocycles. The van der Waals surface area contributed by atoms with E-state index in [1.165, 1.54) is 5.56 Å². The van der Waals surface area contributed by atoms with E-state index in [1.54, 1.807) is 6.92 Å². The maximum atomic E-state index is 11.6. The molecule has 102 valence electrons. The lowest BCUT2D eigenvalue weighted by Crippen LogP contribution is -2.04. The van der Waals surface area contributed by atoms with Gasteiger partial charge >= 0.3 is 0 Å². The first kappa shape index (κ1) is 14.0. The second-order valence-electron chi connectivity index (χ2n) is 3.94. The van der Waals surface area contributed by atoms with Crippen molar-refractivity contribution in [3.8, 4) is 0 Å². The number of benzene rings is 1. The number of anilines is 1. The normalized spacial score (nSPS) is 11.4. The van der Waals surface area contributed by atoms with Crippen molar-refractivity contribution in [2.45, 2.75) is 17.7 Å². The number of nitrogens with zero attached hydrogens (tertiary/aromatic N) is 2. The molecule has 1 aromatic carbocycles. The van der Waals surface area contributed by atoms with Gasteiger partial charge < -0.3 is 5.32 Å². The standard InChI is InChI=1S/C12H15N3O2S2/c1-2-19(16,17)12-15-14-11(18-12)13-9-8-10-6-4-3-5-7-10/h3-7H,2,8-9H2,1H3,(H,13,14). The summed E-state index contributed by atoms with van der Waals surface area (Å²) in [6.45, 7) is 2.30. The van der Waals surface area contributed by atoms with Gasteiger partial charge in [0, 0.05) is 6.54 Å². The highest BCUT2D eigenvalue weighted by molar-refractivity contribution is 7.93. The number of nitrogens with one attached hydrogen (secondary N) is 1. The molecular weight excluding hydrogens is 282 g/mol. The average molecular weight is 297 g/mol. The van der Waals surface area contributed by atoms with Gasteiger partial charge in [-0.1, -0.05) is 48.6 Å². The molecule has 2 aromatic rings. The molecule has 0 bridgehead atoms. The molecule has 0 fully saturated rings. The molecule has 0 aliphatic rings. The molecule has 5 nitrogen and oxygen atoms in total. The highest BCUT2D eigenvalue weighted by atomic mass is 32.2. The Hall–Kier alpha value is -1.47. The fourth-order valence-corrected chi connectivity index (χ4v) is 3.50. The van der Waals surface area contributed by atoms with Gasteiger partial charge in [-0.2, -0.15) is 0 Å². The summed E-state index contributed by atoms with van der Waals surface area (Å²) in [7, 11) is -3.25. The molecular formula is C12H15N3O2S2. The summed E-state index contributed by atoms with van der Waals surface area (Å²) in [4.78, 5) is 0. The Morgan fingerprint density at radius 1 is 1.21 bits per heavy atom. The third kappa shape index (κ3) is 3.74. The Morgan fingerprint density at radius 2 is 1.95 bits per heavy atom. The molecule has 0 saturated carbocycles. The predicted molar refractivity (Wildman–Crippen MR) is 76.3 cm³/mol. The van der Waals surface area contributed by atoms with Crippen molar-refractivity contribution in [2.75, 3.05) is 17.6 Å². The van der Waals surface area contributed by atoms with Gasteiger partial charge in [0.15, 0.2) is 0 Å². The minimum Gasteiger partial charge on any atom is -0.360 e. The van der Waals surface area contributed by atoms with Crippen LogP contribution in [0.3, 0.4) is 0 Å². The summed E-state index contributed by atoms with van der Waals surface area (Å²) in [6.07, 6.45) is 0.857. The van der Waals surface area contributed by atoms with Gasteiger partial charge in [-0.25, -0.2) is 8.42 Å². The van der Waals surface area contributed by atoms with Crippen molar-refractivity contribution in [1.82, 2.24) is 10.2 Å². The molecule has 7 heteroatoms.